The number of imidazole rings is 1. The van der Waals surface area contributed by atoms with E-state index >= 15 is 0 Å². The molecule has 2 heterocycles. The van der Waals surface area contributed by atoms with E-state index in [4.69, 9.17) is 9.47 Å². The minimum absolute atomic E-state index is 0.247. The number of hydrogen-bond acceptors (Lipinski definition) is 5. The summed E-state index contributed by atoms with van der Waals surface area (Å²) in [5.41, 5.74) is 0.765. The van der Waals surface area contributed by atoms with Crippen molar-refractivity contribution in [3.63, 3.8) is 0 Å². The average molecular weight is 295 g/mol. The van der Waals surface area contributed by atoms with Crippen LogP contribution in [0.1, 0.15) is 45.1 Å². The minimum Gasteiger partial charge on any atom is -0.464 e. The molecule has 21 heavy (non-hydrogen) atoms. The van der Waals surface area contributed by atoms with Crippen LogP contribution < -0.4 is 0 Å². The van der Waals surface area contributed by atoms with Gasteiger partial charge in [-0.2, -0.15) is 0 Å². The fraction of sp³-hybridized carbons (Fsp3) is 0.643. The van der Waals surface area contributed by atoms with Gasteiger partial charge in [-0.15, -0.1) is 0 Å². The van der Waals surface area contributed by atoms with Crippen LogP contribution in [0.25, 0.3) is 0 Å². The molecule has 1 aromatic heterocycles. The molecule has 1 N–H and O–H groups in total. The number of amides is 1. The van der Waals surface area contributed by atoms with Crippen molar-refractivity contribution in [3.8, 4) is 0 Å². The predicted octanol–water partition coefficient (Wildman–Crippen LogP) is 1.81. The molecule has 0 spiro atoms. The molecule has 0 saturated heterocycles. The van der Waals surface area contributed by atoms with E-state index in [0.717, 1.165) is 5.69 Å². The van der Waals surface area contributed by atoms with E-state index < -0.39 is 23.7 Å². The topological polar surface area (TPSA) is 84.5 Å². The first-order valence-corrected chi connectivity index (χ1v) is 7.02. The normalized spacial score (nSPS) is 18.1. The van der Waals surface area contributed by atoms with Gasteiger partial charge in [0.05, 0.1) is 18.6 Å². The van der Waals surface area contributed by atoms with Crippen LogP contribution in [0.2, 0.25) is 0 Å². The van der Waals surface area contributed by atoms with Gasteiger partial charge < -0.3 is 14.5 Å². The van der Waals surface area contributed by atoms with Crippen molar-refractivity contribution in [2.45, 2.75) is 45.8 Å². The molecule has 7 heteroatoms. The number of H-pyrrole nitrogens is 1. The number of carbonyl (C=O) groups excluding carboxylic acids is 2. The highest BCUT2D eigenvalue weighted by atomic mass is 16.6. The van der Waals surface area contributed by atoms with Crippen molar-refractivity contribution in [1.82, 2.24) is 14.9 Å². The van der Waals surface area contributed by atoms with Crippen molar-refractivity contribution in [2.24, 2.45) is 0 Å². The fourth-order valence-corrected chi connectivity index (χ4v) is 2.25. The van der Waals surface area contributed by atoms with Crippen LogP contribution in [0.4, 0.5) is 4.79 Å². The Kier molecular flexibility index (Phi) is 4.20. The number of rotatable bonds is 2. The van der Waals surface area contributed by atoms with E-state index in [1.807, 2.05) is 0 Å². The molecular formula is C14H21N3O4. The lowest BCUT2D eigenvalue weighted by molar-refractivity contribution is -0.150. The summed E-state index contributed by atoms with van der Waals surface area (Å²) in [5, 5.41) is 0. The van der Waals surface area contributed by atoms with Gasteiger partial charge in [-0.1, -0.05) is 0 Å². The second kappa shape index (κ2) is 5.75. The first kappa shape index (κ1) is 15.3. The van der Waals surface area contributed by atoms with E-state index in [-0.39, 0.29) is 6.61 Å². The van der Waals surface area contributed by atoms with Gasteiger partial charge in [-0.05, 0) is 27.7 Å². The number of ether oxygens (including phenoxy) is 2. The smallest absolute Gasteiger partial charge is 0.411 e. The van der Waals surface area contributed by atoms with Crippen LogP contribution in [-0.4, -0.2) is 45.7 Å². The number of aromatic amines is 1. The number of fused-ring (bicyclic) bond motifs is 1. The van der Waals surface area contributed by atoms with E-state index in [9.17, 15) is 9.59 Å². The third kappa shape index (κ3) is 3.34. The average Bonchev–Trinajstić information content (AvgIpc) is 2.83. The Morgan fingerprint density at radius 3 is 2.81 bits per heavy atom. The second-order valence-electron chi connectivity index (χ2n) is 5.84. The first-order valence-electron chi connectivity index (χ1n) is 7.02. The Morgan fingerprint density at radius 1 is 1.48 bits per heavy atom. The van der Waals surface area contributed by atoms with Crippen LogP contribution in [-0.2, 0) is 20.7 Å². The number of carbonyl (C=O) groups is 2. The fourth-order valence-electron chi connectivity index (χ4n) is 2.25. The lowest BCUT2D eigenvalue weighted by Crippen LogP contribution is -2.46. The minimum atomic E-state index is -0.852. The zero-order chi connectivity index (χ0) is 15.6. The quantitative estimate of drug-likeness (QED) is 0.841. The molecule has 116 valence electrons. The molecule has 0 radical (unpaired) electrons. The van der Waals surface area contributed by atoms with Gasteiger partial charge in [0.2, 0.25) is 0 Å². The van der Waals surface area contributed by atoms with Gasteiger partial charge in [0.15, 0.2) is 6.04 Å². The summed E-state index contributed by atoms with van der Waals surface area (Å²) in [6.45, 7) is 7.71. The van der Waals surface area contributed by atoms with Crippen LogP contribution in [0.3, 0.4) is 0 Å². The molecule has 1 unspecified atom stereocenters. The number of esters is 1. The highest BCUT2D eigenvalue weighted by Gasteiger charge is 2.40. The molecule has 7 nitrogen and oxygen atoms in total. The van der Waals surface area contributed by atoms with Gasteiger partial charge in [0.25, 0.3) is 0 Å². The summed E-state index contributed by atoms with van der Waals surface area (Å²) in [4.78, 5) is 33.1. The summed E-state index contributed by atoms with van der Waals surface area (Å²) in [7, 11) is 0. The van der Waals surface area contributed by atoms with Crippen LogP contribution in [0.5, 0.6) is 0 Å². The predicted molar refractivity (Wildman–Crippen MR) is 74.6 cm³/mol. The monoisotopic (exact) mass is 295 g/mol. The maximum absolute atomic E-state index is 12.3. The number of nitrogens with zero attached hydrogens (tertiary/aromatic N) is 2. The molecule has 1 atom stereocenters. The van der Waals surface area contributed by atoms with Crippen LogP contribution >= 0.6 is 0 Å². The largest absolute Gasteiger partial charge is 0.464 e. The SMILES string of the molecule is CCOC(=O)C1c2nc[nH]c2CCN1C(=O)OC(C)(C)C. The number of aromatic nitrogens is 2. The van der Waals surface area contributed by atoms with Gasteiger partial charge >= 0.3 is 12.1 Å². The molecule has 0 saturated carbocycles. The first-order chi connectivity index (χ1) is 9.83. The van der Waals surface area contributed by atoms with E-state index in [1.165, 1.54) is 11.2 Å². The summed E-state index contributed by atoms with van der Waals surface area (Å²) >= 11 is 0. The molecule has 0 aromatic carbocycles. The zero-order valence-corrected chi connectivity index (χ0v) is 12.8. The molecule has 1 amide bonds. The maximum Gasteiger partial charge on any atom is 0.411 e. The Balaban J connectivity index is 2.28. The van der Waals surface area contributed by atoms with E-state index in [0.29, 0.717) is 18.7 Å². The van der Waals surface area contributed by atoms with Crippen LogP contribution in [0, 0.1) is 0 Å². The molecule has 0 aliphatic carbocycles. The zero-order valence-electron chi connectivity index (χ0n) is 12.8. The lowest BCUT2D eigenvalue weighted by Gasteiger charge is -2.34. The molecule has 2 rings (SSSR count). The third-order valence-corrected chi connectivity index (χ3v) is 3.06. The highest BCUT2D eigenvalue weighted by molar-refractivity contribution is 5.83. The maximum atomic E-state index is 12.3. The van der Waals surface area contributed by atoms with Crippen molar-refractivity contribution < 1.29 is 19.1 Å². The number of nitrogens with one attached hydrogen (secondary N) is 1. The Morgan fingerprint density at radius 2 is 2.19 bits per heavy atom. The molecule has 1 aliphatic heterocycles. The van der Waals surface area contributed by atoms with Crippen molar-refractivity contribution >= 4 is 12.1 Å². The summed E-state index contributed by atoms with van der Waals surface area (Å²) in [6, 6.07) is -0.852. The molecule has 0 bridgehead atoms. The highest BCUT2D eigenvalue weighted by Crippen LogP contribution is 2.29. The Bertz CT molecular complexity index is 533. The molecule has 0 fully saturated rings. The summed E-state index contributed by atoms with van der Waals surface area (Å²) in [6.07, 6.45) is 1.59. The second-order valence-corrected chi connectivity index (χ2v) is 5.84. The van der Waals surface area contributed by atoms with Crippen molar-refractivity contribution in [3.05, 3.63) is 17.7 Å². The van der Waals surface area contributed by atoms with Crippen molar-refractivity contribution in [1.29, 1.82) is 0 Å². The molecule has 1 aliphatic rings. The summed E-state index contributed by atoms with van der Waals surface area (Å²) in [5.74, 6) is -0.489. The van der Waals surface area contributed by atoms with Gasteiger partial charge in [0, 0.05) is 18.7 Å². The van der Waals surface area contributed by atoms with Crippen molar-refractivity contribution in [2.75, 3.05) is 13.2 Å². The lowest BCUT2D eigenvalue weighted by atomic mass is 10.0. The van der Waals surface area contributed by atoms with Crippen LogP contribution in [0.15, 0.2) is 6.33 Å². The number of hydrogen-bond donors (Lipinski definition) is 1. The summed E-state index contributed by atoms with van der Waals surface area (Å²) < 4.78 is 10.4. The molecular weight excluding hydrogens is 274 g/mol. The Hall–Kier alpha value is -2.05. The standard InChI is InChI=1S/C14H21N3O4/c1-5-20-12(18)11-10-9(15-8-16-10)6-7-17(11)13(19)21-14(2,3)4/h8,11H,5-7H2,1-4H3,(H,15,16). The van der Waals surface area contributed by atoms with Gasteiger partial charge in [-0.25, -0.2) is 14.6 Å². The Labute approximate surface area is 123 Å². The molecule has 1 aromatic rings. The van der Waals surface area contributed by atoms with Gasteiger partial charge in [0.1, 0.15) is 5.60 Å². The van der Waals surface area contributed by atoms with Gasteiger partial charge in [-0.3, -0.25) is 4.90 Å². The third-order valence-electron chi connectivity index (χ3n) is 3.06. The van der Waals surface area contributed by atoms with E-state index in [2.05, 4.69) is 9.97 Å². The van der Waals surface area contributed by atoms with E-state index in [1.54, 1.807) is 27.7 Å².